The van der Waals surface area contributed by atoms with Gasteiger partial charge in [-0.3, -0.25) is 0 Å². The SMILES string of the molecule is Cc1cccc(/C(=C/C(=O)O)C2CCCC2)c1C. The lowest BCUT2D eigenvalue weighted by atomic mass is 9.87. The molecular formula is C16H20O2. The molecule has 0 bridgehead atoms. The van der Waals surface area contributed by atoms with Crippen molar-refractivity contribution >= 4 is 11.5 Å². The van der Waals surface area contributed by atoms with Gasteiger partial charge in [0.2, 0.25) is 0 Å². The maximum absolute atomic E-state index is 11.1. The van der Waals surface area contributed by atoms with E-state index in [4.69, 9.17) is 5.11 Å². The van der Waals surface area contributed by atoms with E-state index >= 15 is 0 Å². The summed E-state index contributed by atoms with van der Waals surface area (Å²) in [7, 11) is 0. The van der Waals surface area contributed by atoms with Crippen LogP contribution in [-0.4, -0.2) is 11.1 Å². The second-order valence-electron chi connectivity index (χ2n) is 5.17. The summed E-state index contributed by atoms with van der Waals surface area (Å²) in [6, 6.07) is 6.14. The fourth-order valence-electron chi connectivity index (χ4n) is 2.85. The molecule has 1 saturated carbocycles. The molecule has 0 amide bonds. The summed E-state index contributed by atoms with van der Waals surface area (Å²) in [4.78, 5) is 11.1. The first-order valence-electron chi connectivity index (χ1n) is 6.60. The van der Waals surface area contributed by atoms with Gasteiger partial charge >= 0.3 is 5.97 Å². The first kappa shape index (κ1) is 12.9. The van der Waals surface area contributed by atoms with Crippen LogP contribution in [0.5, 0.6) is 0 Å². The van der Waals surface area contributed by atoms with Crippen LogP contribution in [0.2, 0.25) is 0 Å². The summed E-state index contributed by atoms with van der Waals surface area (Å²) in [6.45, 7) is 4.15. The van der Waals surface area contributed by atoms with E-state index < -0.39 is 5.97 Å². The molecule has 2 heteroatoms. The number of rotatable bonds is 3. The maximum Gasteiger partial charge on any atom is 0.328 e. The van der Waals surface area contributed by atoms with Crippen LogP contribution in [0.1, 0.15) is 42.4 Å². The third-order valence-electron chi connectivity index (χ3n) is 3.99. The number of benzene rings is 1. The van der Waals surface area contributed by atoms with Crippen molar-refractivity contribution in [1.82, 2.24) is 0 Å². The van der Waals surface area contributed by atoms with E-state index in [0.717, 1.165) is 24.0 Å². The number of allylic oxidation sites excluding steroid dienone is 1. The second kappa shape index (κ2) is 5.38. The minimum atomic E-state index is -0.835. The van der Waals surface area contributed by atoms with Gasteiger partial charge in [0, 0.05) is 6.08 Å². The van der Waals surface area contributed by atoms with Gasteiger partial charge in [-0.15, -0.1) is 0 Å². The van der Waals surface area contributed by atoms with E-state index in [1.54, 1.807) is 0 Å². The Balaban J connectivity index is 2.46. The van der Waals surface area contributed by atoms with Crippen molar-refractivity contribution in [3.05, 3.63) is 41.0 Å². The van der Waals surface area contributed by atoms with Crippen molar-refractivity contribution in [2.24, 2.45) is 5.92 Å². The average molecular weight is 244 g/mol. The number of hydrogen-bond acceptors (Lipinski definition) is 1. The fraction of sp³-hybridized carbons (Fsp3) is 0.438. The zero-order valence-electron chi connectivity index (χ0n) is 11.1. The molecule has 0 spiro atoms. The molecule has 0 heterocycles. The molecule has 1 aromatic carbocycles. The Morgan fingerprint density at radius 3 is 2.56 bits per heavy atom. The van der Waals surface area contributed by atoms with Crippen molar-refractivity contribution in [3.8, 4) is 0 Å². The highest BCUT2D eigenvalue weighted by Crippen LogP contribution is 2.38. The Kier molecular flexibility index (Phi) is 3.85. The molecule has 0 unspecified atom stereocenters. The minimum absolute atomic E-state index is 0.418. The molecule has 18 heavy (non-hydrogen) atoms. The lowest BCUT2D eigenvalue weighted by Crippen LogP contribution is -2.04. The lowest BCUT2D eigenvalue weighted by Gasteiger charge is -2.17. The van der Waals surface area contributed by atoms with Crippen LogP contribution in [0.25, 0.3) is 5.57 Å². The summed E-state index contributed by atoms with van der Waals surface area (Å²) in [6.07, 6.45) is 6.08. The highest BCUT2D eigenvalue weighted by molar-refractivity contribution is 5.91. The van der Waals surface area contributed by atoms with Crippen LogP contribution < -0.4 is 0 Å². The van der Waals surface area contributed by atoms with E-state index in [1.165, 1.54) is 30.0 Å². The van der Waals surface area contributed by atoms with Crippen molar-refractivity contribution in [3.63, 3.8) is 0 Å². The predicted octanol–water partition coefficient (Wildman–Crippen LogP) is 3.96. The first-order valence-corrected chi connectivity index (χ1v) is 6.60. The van der Waals surface area contributed by atoms with E-state index in [1.807, 2.05) is 6.07 Å². The Morgan fingerprint density at radius 2 is 1.94 bits per heavy atom. The van der Waals surface area contributed by atoms with E-state index in [-0.39, 0.29) is 0 Å². The highest BCUT2D eigenvalue weighted by Gasteiger charge is 2.22. The molecule has 2 nitrogen and oxygen atoms in total. The second-order valence-corrected chi connectivity index (χ2v) is 5.17. The molecule has 2 rings (SSSR count). The van der Waals surface area contributed by atoms with Gasteiger partial charge in [0.05, 0.1) is 0 Å². The molecular weight excluding hydrogens is 224 g/mol. The van der Waals surface area contributed by atoms with Gasteiger partial charge in [0.15, 0.2) is 0 Å². The zero-order chi connectivity index (χ0) is 13.1. The Bertz CT molecular complexity index is 480. The first-order chi connectivity index (χ1) is 8.59. The maximum atomic E-state index is 11.1. The number of aryl methyl sites for hydroxylation is 1. The van der Waals surface area contributed by atoms with E-state index in [2.05, 4.69) is 26.0 Å². The lowest BCUT2D eigenvalue weighted by molar-refractivity contribution is -0.131. The van der Waals surface area contributed by atoms with E-state index in [0.29, 0.717) is 5.92 Å². The number of carboxylic acids is 1. The van der Waals surface area contributed by atoms with Gasteiger partial charge in [-0.25, -0.2) is 4.79 Å². The van der Waals surface area contributed by atoms with Gasteiger partial charge in [0.1, 0.15) is 0 Å². The normalized spacial score (nSPS) is 17.1. The standard InChI is InChI=1S/C16H20O2/c1-11-6-5-9-14(12(11)2)15(10-16(17)18)13-7-3-4-8-13/h5-6,9-10,13H,3-4,7-8H2,1-2H3,(H,17,18)/b15-10+. The number of hydrogen-bond donors (Lipinski definition) is 1. The molecule has 1 aliphatic carbocycles. The molecule has 1 aromatic rings. The molecule has 1 fully saturated rings. The number of aliphatic carboxylic acids is 1. The Morgan fingerprint density at radius 1 is 1.28 bits per heavy atom. The largest absolute Gasteiger partial charge is 0.478 e. The predicted molar refractivity (Wildman–Crippen MR) is 73.5 cm³/mol. The van der Waals surface area contributed by atoms with Gasteiger partial charge in [0.25, 0.3) is 0 Å². The summed E-state index contributed by atoms with van der Waals surface area (Å²) < 4.78 is 0. The van der Waals surface area contributed by atoms with Gasteiger partial charge in [-0.1, -0.05) is 31.0 Å². The van der Waals surface area contributed by atoms with Crippen LogP contribution in [-0.2, 0) is 4.79 Å². The minimum Gasteiger partial charge on any atom is -0.478 e. The molecule has 1 aliphatic rings. The summed E-state index contributed by atoms with van der Waals surface area (Å²) in [5.74, 6) is -0.417. The van der Waals surface area contributed by atoms with Crippen molar-refractivity contribution in [2.75, 3.05) is 0 Å². The van der Waals surface area contributed by atoms with Crippen molar-refractivity contribution in [2.45, 2.75) is 39.5 Å². The van der Waals surface area contributed by atoms with Crippen LogP contribution >= 0.6 is 0 Å². The van der Waals surface area contributed by atoms with Crippen molar-refractivity contribution < 1.29 is 9.90 Å². The average Bonchev–Trinajstić information content (AvgIpc) is 2.83. The van der Waals surface area contributed by atoms with Crippen LogP contribution in [0.15, 0.2) is 24.3 Å². The molecule has 0 aromatic heterocycles. The third-order valence-corrected chi connectivity index (χ3v) is 3.99. The zero-order valence-corrected chi connectivity index (χ0v) is 11.1. The van der Waals surface area contributed by atoms with Crippen molar-refractivity contribution in [1.29, 1.82) is 0 Å². The molecule has 0 atom stereocenters. The molecule has 0 aliphatic heterocycles. The van der Waals surface area contributed by atoms with Crippen LogP contribution in [0.4, 0.5) is 0 Å². The molecule has 96 valence electrons. The highest BCUT2D eigenvalue weighted by atomic mass is 16.4. The van der Waals surface area contributed by atoms with Crippen LogP contribution in [0.3, 0.4) is 0 Å². The quantitative estimate of drug-likeness (QED) is 0.817. The van der Waals surface area contributed by atoms with Gasteiger partial charge < -0.3 is 5.11 Å². The fourth-order valence-corrected chi connectivity index (χ4v) is 2.85. The Hall–Kier alpha value is -1.57. The Labute approximate surface area is 108 Å². The molecule has 0 saturated heterocycles. The van der Waals surface area contributed by atoms with Gasteiger partial charge in [-0.2, -0.15) is 0 Å². The smallest absolute Gasteiger partial charge is 0.328 e. The topological polar surface area (TPSA) is 37.3 Å². The summed E-state index contributed by atoms with van der Waals surface area (Å²) in [5, 5.41) is 9.09. The number of carbonyl (C=O) groups is 1. The van der Waals surface area contributed by atoms with Gasteiger partial charge in [-0.05, 0) is 54.9 Å². The number of carboxylic acid groups (broad SMARTS) is 1. The summed E-state index contributed by atoms with van der Waals surface area (Å²) >= 11 is 0. The summed E-state index contributed by atoms with van der Waals surface area (Å²) in [5.41, 5.74) is 4.56. The molecule has 0 radical (unpaired) electrons. The van der Waals surface area contributed by atoms with Crippen LogP contribution in [0, 0.1) is 19.8 Å². The third kappa shape index (κ3) is 2.63. The van der Waals surface area contributed by atoms with E-state index in [9.17, 15) is 4.79 Å². The molecule has 1 N–H and O–H groups in total. The monoisotopic (exact) mass is 244 g/mol.